The molecule has 1 aromatic heterocycles. The first-order valence-electron chi connectivity index (χ1n) is 8.29. The zero-order valence-corrected chi connectivity index (χ0v) is 14.0. The third-order valence-corrected chi connectivity index (χ3v) is 4.46. The molecule has 0 bridgehead atoms. The molecule has 0 spiro atoms. The number of halogens is 3. The van der Waals surface area contributed by atoms with Crippen molar-refractivity contribution in [2.45, 2.75) is 18.9 Å². The van der Waals surface area contributed by atoms with Crippen molar-refractivity contribution < 1.29 is 22.4 Å². The number of nitrogens with zero attached hydrogens (tertiary/aromatic N) is 1. The number of carbonyl (C=O) groups is 1. The number of para-hydroxylation sites is 1. The summed E-state index contributed by atoms with van der Waals surface area (Å²) < 4.78 is 44.7. The fraction of sp³-hybridized carbons (Fsp3) is 0.150. The van der Waals surface area contributed by atoms with Gasteiger partial charge in [0.2, 0.25) is 0 Å². The van der Waals surface area contributed by atoms with Crippen molar-refractivity contribution in [2.24, 2.45) is 0 Å². The molecular formula is C20H15F3N2O2. The Morgan fingerprint density at radius 2 is 1.85 bits per heavy atom. The van der Waals surface area contributed by atoms with Gasteiger partial charge in [0.25, 0.3) is 5.91 Å². The van der Waals surface area contributed by atoms with E-state index in [2.05, 4.69) is 5.32 Å². The molecule has 2 aromatic carbocycles. The van der Waals surface area contributed by atoms with E-state index in [4.69, 9.17) is 4.42 Å². The third kappa shape index (κ3) is 3.28. The minimum absolute atomic E-state index is 0.133. The predicted molar refractivity (Wildman–Crippen MR) is 92.8 cm³/mol. The highest BCUT2D eigenvalue weighted by Crippen LogP contribution is 2.36. The van der Waals surface area contributed by atoms with Gasteiger partial charge in [0.1, 0.15) is 11.9 Å². The van der Waals surface area contributed by atoms with E-state index in [0.717, 1.165) is 12.1 Å². The highest BCUT2D eigenvalue weighted by molar-refractivity contribution is 6.01. The average molecular weight is 372 g/mol. The number of hydrogen-bond donors (Lipinski definition) is 1. The van der Waals surface area contributed by atoms with Crippen LogP contribution in [0.1, 0.15) is 33.4 Å². The lowest BCUT2D eigenvalue weighted by atomic mass is 10.0. The van der Waals surface area contributed by atoms with E-state index < -0.39 is 17.9 Å². The summed E-state index contributed by atoms with van der Waals surface area (Å²) in [5.41, 5.74) is 0.637. The van der Waals surface area contributed by atoms with E-state index >= 15 is 0 Å². The van der Waals surface area contributed by atoms with Gasteiger partial charge >= 0.3 is 6.18 Å². The summed E-state index contributed by atoms with van der Waals surface area (Å²) in [6.45, 7) is 0.133. The van der Waals surface area contributed by atoms with E-state index in [1.165, 1.54) is 17.2 Å². The zero-order valence-electron chi connectivity index (χ0n) is 14.0. The van der Waals surface area contributed by atoms with Gasteiger partial charge in [0.15, 0.2) is 0 Å². The molecule has 4 rings (SSSR count). The van der Waals surface area contributed by atoms with Crippen LogP contribution in [0.4, 0.5) is 18.9 Å². The van der Waals surface area contributed by atoms with Gasteiger partial charge in [-0.25, -0.2) is 0 Å². The largest absolute Gasteiger partial charge is 0.467 e. The summed E-state index contributed by atoms with van der Waals surface area (Å²) in [4.78, 5) is 14.5. The molecule has 1 amide bonds. The van der Waals surface area contributed by atoms with Gasteiger partial charge in [-0.05, 0) is 42.0 Å². The number of amides is 1. The summed E-state index contributed by atoms with van der Waals surface area (Å²) >= 11 is 0. The van der Waals surface area contributed by atoms with Gasteiger partial charge in [-0.1, -0.05) is 24.3 Å². The Balaban J connectivity index is 1.77. The lowest BCUT2D eigenvalue weighted by Gasteiger charge is -2.38. The second-order valence-corrected chi connectivity index (χ2v) is 6.23. The molecule has 7 heteroatoms. The van der Waals surface area contributed by atoms with E-state index in [1.54, 1.807) is 42.5 Å². The van der Waals surface area contributed by atoms with E-state index in [-0.39, 0.29) is 12.5 Å². The van der Waals surface area contributed by atoms with Crippen LogP contribution in [0, 0.1) is 0 Å². The van der Waals surface area contributed by atoms with Crippen LogP contribution >= 0.6 is 0 Å². The van der Waals surface area contributed by atoms with Crippen LogP contribution in [0.3, 0.4) is 0 Å². The average Bonchev–Trinajstić information content (AvgIpc) is 3.16. The summed E-state index contributed by atoms with van der Waals surface area (Å²) in [7, 11) is 0. The molecule has 4 nitrogen and oxygen atoms in total. The number of hydrogen-bond acceptors (Lipinski definition) is 3. The standard InChI is InChI=1S/C20H15F3N2O2/c21-20(22,23)14-6-3-5-13(11-14)18-24-17-9-2-1-8-16(17)19(26)25(18)12-15-7-4-10-27-15/h1-11,18,24H,12H2. The molecule has 0 fully saturated rings. The number of rotatable bonds is 3. The first-order valence-corrected chi connectivity index (χ1v) is 8.29. The van der Waals surface area contributed by atoms with Crippen molar-refractivity contribution in [1.82, 2.24) is 4.90 Å². The molecule has 0 aliphatic carbocycles. The molecule has 1 unspecified atom stereocenters. The zero-order chi connectivity index (χ0) is 19.0. The molecule has 27 heavy (non-hydrogen) atoms. The van der Waals surface area contributed by atoms with Gasteiger partial charge in [0.05, 0.1) is 23.9 Å². The Hall–Kier alpha value is -3.22. The monoisotopic (exact) mass is 372 g/mol. The van der Waals surface area contributed by atoms with Crippen molar-refractivity contribution in [3.63, 3.8) is 0 Å². The molecule has 138 valence electrons. The second-order valence-electron chi connectivity index (χ2n) is 6.23. The van der Waals surface area contributed by atoms with E-state index in [1.807, 2.05) is 0 Å². The fourth-order valence-corrected chi connectivity index (χ4v) is 3.17. The van der Waals surface area contributed by atoms with Crippen molar-refractivity contribution in [3.05, 3.63) is 89.4 Å². The predicted octanol–water partition coefficient (Wildman–Crippen LogP) is 5.07. The van der Waals surface area contributed by atoms with E-state index in [0.29, 0.717) is 22.6 Å². The van der Waals surface area contributed by atoms with Crippen LogP contribution in [-0.2, 0) is 12.7 Å². The number of alkyl halides is 3. The normalized spacial score (nSPS) is 16.8. The van der Waals surface area contributed by atoms with Gasteiger partial charge in [-0.2, -0.15) is 13.2 Å². The smallest absolute Gasteiger partial charge is 0.416 e. The molecule has 0 saturated carbocycles. The topological polar surface area (TPSA) is 45.5 Å². The number of anilines is 1. The number of carbonyl (C=O) groups excluding carboxylic acids is 1. The maximum absolute atomic E-state index is 13.1. The second kappa shape index (κ2) is 6.50. The van der Waals surface area contributed by atoms with Crippen LogP contribution in [0.5, 0.6) is 0 Å². The van der Waals surface area contributed by atoms with Gasteiger partial charge < -0.3 is 14.6 Å². The van der Waals surface area contributed by atoms with Crippen molar-refractivity contribution in [2.75, 3.05) is 5.32 Å². The quantitative estimate of drug-likeness (QED) is 0.699. The molecule has 0 saturated heterocycles. The fourth-order valence-electron chi connectivity index (χ4n) is 3.17. The third-order valence-electron chi connectivity index (χ3n) is 4.46. The van der Waals surface area contributed by atoms with Gasteiger partial charge in [0, 0.05) is 5.69 Å². The van der Waals surface area contributed by atoms with Crippen LogP contribution in [-0.4, -0.2) is 10.8 Å². The maximum Gasteiger partial charge on any atom is 0.416 e. The maximum atomic E-state index is 13.1. The Morgan fingerprint density at radius 1 is 1.04 bits per heavy atom. The highest BCUT2D eigenvalue weighted by Gasteiger charge is 2.35. The first-order chi connectivity index (χ1) is 12.9. The molecule has 1 atom stereocenters. The summed E-state index contributed by atoms with van der Waals surface area (Å²) in [6, 6.07) is 15.3. The molecule has 0 radical (unpaired) electrons. The summed E-state index contributed by atoms with van der Waals surface area (Å²) in [6.07, 6.45) is -3.72. The lowest BCUT2D eigenvalue weighted by molar-refractivity contribution is -0.137. The minimum atomic E-state index is -4.46. The van der Waals surface area contributed by atoms with Crippen LogP contribution in [0.25, 0.3) is 0 Å². The number of fused-ring (bicyclic) bond motifs is 1. The lowest BCUT2D eigenvalue weighted by Crippen LogP contribution is -2.42. The summed E-state index contributed by atoms with van der Waals surface area (Å²) in [5.74, 6) is 0.268. The van der Waals surface area contributed by atoms with Crippen LogP contribution < -0.4 is 5.32 Å². The van der Waals surface area contributed by atoms with Crippen LogP contribution in [0.2, 0.25) is 0 Å². The Morgan fingerprint density at radius 3 is 2.59 bits per heavy atom. The number of furan rings is 1. The molecule has 2 heterocycles. The van der Waals surface area contributed by atoms with Crippen molar-refractivity contribution in [3.8, 4) is 0 Å². The molecule has 1 N–H and O–H groups in total. The van der Waals surface area contributed by atoms with Crippen LogP contribution in [0.15, 0.2) is 71.3 Å². The molecular weight excluding hydrogens is 357 g/mol. The van der Waals surface area contributed by atoms with Crippen molar-refractivity contribution in [1.29, 1.82) is 0 Å². The minimum Gasteiger partial charge on any atom is -0.467 e. The first kappa shape index (κ1) is 17.2. The number of benzene rings is 2. The van der Waals surface area contributed by atoms with Crippen molar-refractivity contribution >= 4 is 11.6 Å². The number of nitrogens with one attached hydrogen (secondary N) is 1. The van der Waals surface area contributed by atoms with Gasteiger partial charge in [-0.15, -0.1) is 0 Å². The Labute approximate surface area is 153 Å². The highest BCUT2D eigenvalue weighted by atomic mass is 19.4. The van der Waals surface area contributed by atoms with E-state index in [9.17, 15) is 18.0 Å². The summed E-state index contributed by atoms with van der Waals surface area (Å²) in [5, 5.41) is 3.18. The van der Waals surface area contributed by atoms with Gasteiger partial charge in [-0.3, -0.25) is 4.79 Å². The SMILES string of the molecule is O=C1c2ccccc2NC(c2cccc(C(F)(F)F)c2)N1Cc1ccco1. The molecule has 3 aromatic rings. The Kier molecular flexibility index (Phi) is 4.14. The Bertz CT molecular complexity index is 967. The molecule has 1 aliphatic heterocycles. The molecule has 1 aliphatic rings.